The molecule has 1 N–H and O–H groups in total. The van der Waals surface area contributed by atoms with Gasteiger partial charge in [0.05, 0.1) is 0 Å². The van der Waals surface area contributed by atoms with Crippen molar-refractivity contribution in [3.63, 3.8) is 0 Å². The predicted octanol–water partition coefficient (Wildman–Crippen LogP) is 7.60. The molecule has 0 unspecified atom stereocenters. The molecule has 0 aliphatic carbocycles. The number of hydrogen-bond acceptors (Lipinski definition) is 3. The van der Waals surface area contributed by atoms with E-state index in [0.29, 0.717) is 0 Å². The second-order valence-corrected chi connectivity index (χ2v) is 19.5. The van der Waals surface area contributed by atoms with Crippen LogP contribution < -0.4 is 0 Å². The minimum absolute atomic E-state index is 0.0917. The van der Waals surface area contributed by atoms with E-state index >= 15 is 0 Å². The molecule has 0 aliphatic heterocycles. The van der Waals surface area contributed by atoms with Crippen LogP contribution in [0.1, 0.15) is 110 Å². The van der Waals surface area contributed by atoms with Crippen LogP contribution in [0.25, 0.3) is 0 Å². The molecule has 0 saturated carbocycles. The van der Waals surface area contributed by atoms with E-state index in [2.05, 4.69) is 21.7 Å². The summed E-state index contributed by atoms with van der Waals surface area (Å²) in [6.07, 6.45) is 22.0. The van der Waals surface area contributed by atoms with Crippen LogP contribution in [-0.2, 0) is 4.79 Å². The molecule has 0 aromatic rings. The first kappa shape index (κ1) is 30.0. The summed E-state index contributed by atoms with van der Waals surface area (Å²) in [6.45, 7) is 1.96. The number of carbonyl (C=O) groups is 1. The second kappa shape index (κ2) is 26.8. The van der Waals surface area contributed by atoms with Crippen LogP contribution in [0.5, 0.6) is 0 Å². The van der Waals surface area contributed by atoms with E-state index in [0.717, 1.165) is 12.2 Å². The van der Waals surface area contributed by atoms with Crippen LogP contribution in [0, 0.1) is 0 Å². The first-order valence-corrected chi connectivity index (χ1v) is 22.7. The van der Waals surface area contributed by atoms with Gasteiger partial charge >= 0.3 is 34.6 Å². The Morgan fingerprint density at radius 2 is 0.963 bits per heavy atom. The summed E-state index contributed by atoms with van der Waals surface area (Å²) >= 11 is 0.637. The summed E-state index contributed by atoms with van der Waals surface area (Å²) < 4.78 is 0. The number of thioether (sulfide) groups is 1. The van der Waals surface area contributed by atoms with Crippen molar-refractivity contribution in [1.29, 1.82) is 0 Å². The SMILES string of the molecule is CCCCCCCCCCCCCCCCCCSC(=O)CO.[CH3][SnH]([CH3])[CH3]. The number of aliphatic hydroxyl groups is 1. The first-order chi connectivity index (χ1) is 13.0. The van der Waals surface area contributed by atoms with Gasteiger partial charge in [-0.15, -0.1) is 0 Å². The van der Waals surface area contributed by atoms with Gasteiger partial charge in [-0.25, -0.2) is 0 Å². The standard InChI is InChI=1S/C20H40O2S.3CH3.Sn.H/c1-2-3-4-5-6-7-8-9-10-11-12-13-14-15-16-17-18-23-20(22)19-21;;;;;/h21H,2-19H2,1H3;3*1H3;;. The maximum atomic E-state index is 10.9. The Hall–Kier alpha value is 0.779. The van der Waals surface area contributed by atoms with Gasteiger partial charge in [0.2, 0.25) is 5.12 Å². The van der Waals surface area contributed by atoms with E-state index < -0.39 is 19.8 Å². The molecule has 0 aromatic heterocycles. The fourth-order valence-corrected chi connectivity index (χ4v) is 3.55. The Morgan fingerprint density at radius 3 is 1.26 bits per heavy atom. The van der Waals surface area contributed by atoms with Crippen molar-refractivity contribution < 1.29 is 9.90 Å². The zero-order valence-electron chi connectivity index (χ0n) is 19.1. The molecule has 164 valence electrons. The Kier molecular flexibility index (Phi) is 29.7. The van der Waals surface area contributed by atoms with Gasteiger partial charge in [0.25, 0.3) is 0 Å². The summed E-state index contributed by atoms with van der Waals surface area (Å²) in [5.41, 5.74) is 0. The van der Waals surface area contributed by atoms with Crippen molar-refractivity contribution in [2.45, 2.75) is 124 Å². The van der Waals surface area contributed by atoms with E-state index in [1.165, 1.54) is 108 Å². The first-order valence-electron chi connectivity index (χ1n) is 11.8. The van der Waals surface area contributed by atoms with E-state index in [4.69, 9.17) is 5.11 Å². The van der Waals surface area contributed by atoms with Crippen LogP contribution >= 0.6 is 11.8 Å². The number of aliphatic hydroxyl groups excluding tert-OH is 1. The molecular weight excluding hydrogens is 459 g/mol. The third-order valence-corrected chi connectivity index (χ3v) is 5.33. The minimum atomic E-state index is -0.637. The summed E-state index contributed by atoms with van der Waals surface area (Å²) in [4.78, 5) is 18.0. The van der Waals surface area contributed by atoms with Gasteiger partial charge in [0.15, 0.2) is 0 Å². The summed E-state index contributed by atoms with van der Waals surface area (Å²) in [7, 11) is 0. The van der Waals surface area contributed by atoms with Crippen molar-refractivity contribution in [3.05, 3.63) is 0 Å². The maximum absolute atomic E-state index is 10.9. The summed E-state index contributed by atoms with van der Waals surface area (Å²) in [5.74, 6) is 0.873. The summed E-state index contributed by atoms with van der Waals surface area (Å²) in [6, 6.07) is 0. The quantitative estimate of drug-likeness (QED) is 0.153. The zero-order valence-corrected chi connectivity index (χ0v) is 23.2. The van der Waals surface area contributed by atoms with Gasteiger partial charge in [-0.1, -0.05) is 115 Å². The summed E-state index contributed by atoms with van der Waals surface area (Å²) in [5, 5.41) is 8.51. The van der Waals surface area contributed by atoms with Gasteiger partial charge in [0, 0.05) is 5.75 Å². The van der Waals surface area contributed by atoms with Gasteiger partial charge in [-0.3, -0.25) is 4.79 Å². The molecule has 0 rings (SSSR count). The fourth-order valence-electron chi connectivity index (χ4n) is 2.88. The molecule has 0 aromatic carbocycles. The Bertz CT molecular complexity index is 283. The van der Waals surface area contributed by atoms with Gasteiger partial charge < -0.3 is 5.11 Å². The van der Waals surface area contributed by atoms with E-state index in [-0.39, 0.29) is 11.7 Å². The van der Waals surface area contributed by atoms with E-state index in [1.807, 2.05) is 0 Å². The molecule has 0 fully saturated rings. The average Bonchev–Trinajstić information content (AvgIpc) is 2.63. The molecular formula is C23H50O2SSn. The fraction of sp³-hybridized carbons (Fsp3) is 0.957. The zero-order chi connectivity index (χ0) is 20.6. The van der Waals surface area contributed by atoms with Crippen LogP contribution in [0.3, 0.4) is 0 Å². The predicted molar refractivity (Wildman–Crippen MR) is 129 cm³/mol. The number of unbranched alkanes of at least 4 members (excludes halogenated alkanes) is 15. The van der Waals surface area contributed by atoms with Gasteiger partial charge in [-0.05, 0) is 6.42 Å². The third-order valence-electron chi connectivity index (χ3n) is 4.39. The Morgan fingerprint density at radius 1 is 0.667 bits per heavy atom. The number of rotatable bonds is 18. The number of hydrogen-bond donors (Lipinski definition) is 1. The monoisotopic (exact) mass is 510 g/mol. The third kappa shape index (κ3) is 34.7. The normalized spacial score (nSPS) is 10.7. The molecule has 0 radical (unpaired) electrons. The van der Waals surface area contributed by atoms with Crippen LogP contribution in [0.4, 0.5) is 0 Å². The van der Waals surface area contributed by atoms with E-state index in [1.54, 1.807) is 0 Å². The van der Waals surface area contributed by atoms with Crippen LogP contribution in [0.2, 0.25) is 14.8 Å². The van der Waals surface area contributed by atoms with E-state index in [9.17, 15) is 4.79 Å². The van der Waals surface area contributed by atoms with Crippen molar-refractivity contribution in [2.75, 3.05) is 12.4 Å². The molecule has 4 heteroatoms. The van der Waals surface area contributed by atoms with Crippen molar-refractivity contribution in [3.8, 4) is 0 Å². The molecule has 2 nitrogen and oxygen atoms in total. The van der Waals surface area contributed by atoms with Crippen molar-refractivity contribution >= 4 is 36.6 Å². The van der Waals surface area contributed by atoms with Crippen molar-refractivity contribution in [2.24, 2.45) is 0 Å². The second-order valence-electron chi connectivity index (χ2n) is 8.41. The average molecular weight is 509 g/mol. The van der Waals surface area contributed by atoms with Crippen LogP contribution in [-0.4, -0.2) is 42.3 Å². The number of carbonyl (C=O) groups excluding carboxylic acids is 1. The topological polar surface area (TPSA) is 37.3 Å². The molecule has 0 aliphatic rings. The molecule has 0 bridgehead atoms. The Balaban J connectivity index is 0. The molecule has 0 saturated heterocycles. The molecule has 0 heterocycles. The molecule has 0 amide bonds. The molecule has 0 atom stereocenters. The molecule has 0 spiro atoms. The van der Waals surface area contributed by atoms with Crippen LogP contribution in [0.15, 0.2) is 0 Å². The molecule has 27 heavy (non-hydrogen) atoms. The Labute approximate surface area is 182 Å². The van der Waals surface area contributed by atoms with Gasteiger partial charge in [-0.2, -0.15) is 0 Å². The van der Waals surface area contributed by atoms with Gasteiger partial charge in [0.1, 0.15) is 6.61 Å². The van der Waals surface area contributed by atoms with Crippen molar-refractivity contribution in [1.82, 2.24) is 0 Å².